The normalized spacial score (nSPS) is 14.3. The van der Waals surface area contributed by atoms with Crippen LogP contribution in [0.15, 0.2) is 55.1 Å². The molecule has 9 heteroatoms. The highest BCUT2D eigenvalue weighted by Gasteiger charge is 2.35. The van der Waals surface area contributed by atoms with Gasteiger partial charge in [-0.25, -0.2) is 4.39 Å². The lowest BCUT2D eigenvalue weighted by Gasteiger charge is -2.23. The molecule has 1 aliphatic heterocycles. The number of hydrogen-bond acceptors (Lipinski definition) is 3. The Morgan fingerprint density at radius 1 is 1.08 bits per heavy atom. The van der Waals surface area contributed by atoms with Crippen LogP contribution in [0.4, 0.5) is 23.2 Å². The number of hydrogen-bond donors (Lipinski definition) is 1. The van der Waals surface area contributed by atoms with E-state index in [0.29, 0.717) is 40.9 Å². The van der Waals surface area contributed by atoms with Gasteiger partial charge in [-0.2, -0.15) is 13.2 Å². The average Bonchev–Trinajstić information content (AvgIpc) is 3.06. The Bertz CT molecular complexity index is 1450. The van der Waals surface area contributed by atoms with Gasteiger partial charge in [0.05, 0.1) is 17.9 Å². The molecule has 0 radical (unpaired) electrons. The molecule has 0 spiro atoms. The largest absolute Gasteiger partial charge is 0.491 e. The monoisotopic (exact) mass is 496 g/mol. The van der Waals surface area contributed by atoms with Crippen molar-refractivity contribution < 1.29 is 31.9 Å². The smallest absolute Gasteiger partial charge is 0.416 e. The lowest BCUT2D eigenvalue weighted by atomic mass is 9.89. The number of rotatable bonds is 3. The zero-order valence-corrected chi connectivity index (χ0v) is 18.9. The Hall–Kier alpha value is -4.14. The van der Waals surface area contributed by atoms with E-state index >= 15 is 4.39 Å². The van der Waals surface area contributed by atoms with Gasteiger partial charge in [-0.05, 0) is 65.4 Å². The summed E-state index contributed by atoms with van der Waals surface area (Å²) in [6.45, 7) is 4.17. The van der Waals surface area contributed by atoms with Crippen LogP contribution in [0.5, 0.6) is 5.75 Å². The first-order chi connectivity index (χ1) is 17.1. The summed E-state index contributed by atoms with van der Waals surface area (Å²) in [5, 5.41) is 0. The fourth-order valence-electron chi connectivity index (χ4n) is 4.95. The van der Waals surface area contributed by atoms with Gasteiger partial charge in [0.15, 0.2) is 5.75 Å². The molecule has 5 rings (SSSR count). The number of nitrogens with two attached hydrogens (primary N) is 1. The minimum atomic E-state index is -4.56. The van der Waals surface area contributed by atoms with Crippen LogP contribution in [0.3, 0.4) is 0 Å². The molecule has 2 amide bonds. The number of alkyl halides is 3. The average molecular weight is 496 g/mol. The fraction of sp³-hybridized carbons (Fsp3) is 0.185. The van der Waals surface area contributed by atoms with E-state index in [9.17, 15) is 22.8 Å². The van der Waals surface area contributed by atoms with Crippen molar-refractivity contribution in [2.75, 3.05) is 18.1 Å². The van der Waals surface area contributed by atoms with E-state index in [0.717, 1.165) is 18.2 Å². The highest BCUT2D eigenvalue weighted by molar-refractivity contribution is 6.05. The standard InChI is InChI=1S/C27H20F4N2O3/c1-2-22(34)33-9-4-10-36-25-17(5-3-6-21(25)33)24-20(28)13-19(26(32)35)18-12-14-11-15(27(29,30)31)7-8-16(14)23(18)24/h2-3,5-8,11,13H,1,4,9-10,12H2,(H2,32,35). The third-order valence-corrected chi connectivity index (χ3v) is 6.49. The highest BCUT2D eigenvalue weighted by Crippen LogP contribution is 2.50. The molecule has 2 aliphatic rings. The van der Waals surface area contributed by atoms with Crippen molar-refractivity contribution in [3.05, 3.63) is 83.2 Å². The number of ether oxygens (including phenoxy) is 1. The second kappa shape index (κ2) is 8.51. The topological polar surface area (TPSA) is 72.6 Å². The lowest BCUT2D eigenvalue weighted by molar-refractivity contribution is -0.137. The van der Waals surface area contributed by atoms with Gasteiger partial charge < -0.3 is 15.4 Å². The molecule has 1 heterocycles. The molecule has 0 unspecified atom stereocenters. The summed E-state index contributed by atoms with van der Waals surface area (Å²) in [6, 6.07) is 9.16. The molecular formula is C27H20F4N2O3. The number of para-hydroxylation sites is 1. The van der Waals surface area contributed by atoms with Gasteiger partial charge in [-0.1, -0.05) is 24.8 Å². The lowest BCUT2D eigenvalue weighted by Crippen LogP contribution is -2.29. The van der Waals surface area contributed by atoms with Crippen LogP contribution in [0.2, 0.25) is 0 Å². The number of primary amides is 1. The second-order valence-electron chi connectivity index (χ2n) is 8.60. The van der Waals surface area contributed by atoms with E-state index in [1.54, 1.807) is 18.2 Å². The van der Waals surface area contributed by atoms with E-state index in [4.69, 9.17) is 10.5 Å². The number of carbonyl (C=O) groups is 2. The Morgan fingerprint density at radius 2 is 1.86 bits per heavy atom. The molecule has 5 nitrogen and oxygen atoms in total. The molecule has 36 heavy (non-hydrogen) atoms. The summed E-state index contributed by atoms with van der Waals surface area (Å²) >= 11 is 0. The summed E-state index contributed by atoms with van der Waals surface area (Å²) < 4.78 is 61.8. The number of anilines is 1. The first-order valence-electron chi connectivity index (χ1n) is 11.2. The zero-order valence-electron chi connectivity index (χ0n) is 18.9. The Kier molecular flexibility index (Phi) is 5.58. The van der Waals surface area contributed by atoms with Crippen molar-refractivity contribution in [1.29, 1.82) is 0 Å². The molecule has 0 saturated heterocycles. The Morgan fingerprint density at radius 3 is 2.56 bits per heavy atom. The minimum Gasteiger partial charge on any atom is -0.491 e. The highest BCUT2D eigenvalue weighted by atomic mass is 19.4. The van der Waals surface area contributed by atoms with Crippen molar-refractivity contribution in [3.63, 3.8) is 0 Å². The maximum Gasteiger partial charge on any atom is 0.416 e. The van der Waals surface area contributed by atoms with Gasteiger partial charge in [-0.15, -0.1) is 0 Å². The van der Waals surface area contributed by atoms with Gasteiger partial charge in [-0.3, -0.25) is 9.59 Å². The quantitative estimate of drug-likeness (QED) is 0.302. The Labute approximate surface area is 203 Å². The van der Waals surface area contributed by atoms with Crippen molar-refractivity contribution >= 4 is 17.5 Å². The number of amides is 2. The molecule has 184 valence electrons. The molecule has 0 bridgehead atoms. The predicted molar refractivity (Wildman–Crippen MR) is 126 cm³/mol. The molecule has 0 aromatic heterocycles. The minimum absolute atomic E-state index is 0.0168. The van der Waals surface area contributed by atoms with Crippen LogP contribution < -0.4 is 15.4 Å². The summed E-state index contributed by atoms with van der Waals surface area (Å²) in [6.07, 6.45) is -2.87. The number of fused-ring (bicyclic) bond motifs is 4. The van der Waals surface area contributed by atoms with Crippen LogP contribution in [0.1, 0.15) is 33.5 Å². The molecular weight excluding hydrogens is 476 g/mol. The first kappa shape index (κ1) is 23.6. The number of nitrogens with zero attached hydrogens (tertiary/aromatic N) is 1. The van der Waals surface area contributed by atoms with Crippen molar-refractivity contribution in [2.45, 2.75) is 19.0 Å². The zero-order chi connectivity index (χ0) is 25.8. The number of carbonyl (C=O) groups excluding carboxylic acids is 2. The number of benzene rings is 3. The molecule has 2 N–H and O–H groups in total. The summed E-state index contributed by atoms with van der Waals surface area (Å²) in [4.78, 5) is 26.2. The fourth-order valence-corrected chi connectivity index (χ4v) is 4.95. The maximum absolute atomic E-state index is 15.8. The van der Waals surface area contributed by atoms with Crippen molar-refractivity contribution in [3.8, 4) is 28.0 Å². The molecule has 1 aliphatic carbocycles. The van der Waals surface area contributed by atoms with Crippen LogP contribution in [0, 0.1) is 5.82 Å². The Balaban J connectivity index is 1.80. The van der Waals surface area contributed by atoms with Crippen LogP contribution in [-0.4, -0.2) is 25.0 Å². The maximum atomic E-state index is 15.8. The molecule has 0 fully saturated rings. The van der Waals surface area contributed by atoms with Gasteiger partial charge in [0.1, 0.15) is 5.82 Å². The van der Waals surface area contributed by atoms with Crippen LogP contribution in [-0.2, 0) is 17.4 Å². The third kappa shape index (κ3) is 3.71. The van der Waals surface area contributed by atoms with Gasteiger partial charge in [0.2, 0.25) is 11.8 Å². The van der Waals surface area contributed by atoms with Gasteiger partial charge in [0, 0.05) is 23.2 Å². The summed E-state index contributed by atoms with van der Waals surface area (Å²) in [5.41, 5.74) is 6.70. The molecule has 3 aromatic carbocycles. The van der Waals surface area contributed by atoms with E-state index in [2.05, 4.69) is 6.58 Å². The van der Waals surface area contributed by atoms with E-state index in [1.807, 2.05) is 0 Å². The summed E-state index contributed by atoms with van der Waals surface area (Å²) in [7, 11) is 0. The molecule has 0 saturated carbocycles. The van der Waals surface area contributed by atoms with E-state index in [1.165, 1.54) is 17.0 Å². The third-order valence-electron chi connectivity index (χ3n) is 6.49. The van der Waals surface area contributed by atoms with E-state index in [-0.39, 0.29) is 41.4 Å². The second-order valence-corrected chi connectivity index (χ2v) is 8.60. The first-order valence-corrected chi connectivity index (χ1v) is 11.2. The van der Waals surface area contributed by atoms with Crippen molar-refractivity contribution in [2.24, 2.45) is 5.73 Å². The van der Waals surface area contributed by atoms with E-state index < -0.39 is 23.5 Å². The van der Waals surface area contributed by atoms with Gasteiger partial charge >= 0.3 is 6.18 Å². The van der Waals surface area contributed by atoms with Crippen LogP contribution in [0.25, 0.3) is 22.3 Å². The van der Waals surface area contributed by atoms with Crippen LogP contribution >= 0.6 is 0 Å². The number of halogens is 4. The van der Waals surface area contributed by atoms with Gasteiger partial charge in [0.25, 0.3) is 0 Å². The molecule has 0 atom stereocenters. The SMILES string of the molecule is C=CC(=O)N1CCCOc2c(-c3c(F)cc(C(N)=O)c4c3-c3ccc(C(F)(F)F)cc3C4)cccc21. The predicted octanol–water partition coefficient (Wildman–Crippen LogP) is 5.48. The summed E-state index contributed by atoms with van der Waals surface area (Å²) in [5.74, 6) is -1.75. The van der Waals surface area contributed by atoms with Crippen molar-refractivity contribution in [1.82, 2.24) is 0 Å². The molecule has 3 aromatic rings.